The molecule has 7 nitrogen and oxygen atoms in total. The van der Waals surface area contributed by atoms with Crippen molar-refractivity contribution in [1.29, 1.82) is 0 Å². The molecule has 2 unspecified atom stereocenters. The molecule has 0 radical (unpaired) electrons. The van der Waals surface area contributed by atoms with Crippen LogP contribution in [-0.2, 0) is 32.3 Å². The van der Waals surface area contributed by atoms with Gasteiger partial charge in [-0.25, -0.2) is 0 Å². The number of methoxy groups -OCH3 is 1. The minimum Gasteiger partial charge on any atom is -0.469 e. The van der Waals surface area contributed by atoms with Gasteiger partial charge < -0.3 is 22.8 Å². The maximum absolute atomic E-state index is 14.0. The van der Waals surface area contributed by atoms with Crippen molar-refractivity contribution in [1.82, 2.24) is 0 Å². The Morgan fingerprint density at radius 2 is 1.69 bits per heavy atom. The smallest absolute Gasteiger partial charge is 0.316 e. The maximum atomic E-state index is 14.0. The van der Waals surface area contributed by atoms with Gasteiger partial charge in [0.2, 0.25) is 0 Å². The van der Waals surface area contributed by atoms with Crippen LogP contribution in [0.5, 0.6) is 0 Å². The average Bonchev–Trinajstić information content (AvgIpc) is 3.23. The molecule has 5 aliphatic rings. The maximum Gasteiger partial charge on any atom is 0.316 e. The Morgan fingerprint density at radius 3 is 2.26 bits per heavy atom. The summed E-state index contributed by atoms with van der Waals surface area (Å²) in [6.45, 7) is 22.4. The highest BCUT2D eigenvalue weighted by molar-refractivity contribution is 6.70. The van der Waals surface area contributed by atoms with Gasteiger partial charge in [0.25, 0.3) is 0 Å². The van der Waals surface area contributed by atoms with Crippen molar-refractivity contribution in [2.75, 3.05) is 13.7 Å². The van der Waals surface area contributed by atoms with E-state index < -0.39 is 53.6 Å². The lowest BCUT2D eigenvalue weighted by Crippen LogP contribution is -2.54. The largest absolute Gasteiger partial charge is 0.469 e. The van der Waals surface area contributed by atoms with E-state index >= 15 is 0 Å². The second kappa shape index (κ2) is 8.86. The molecule has 9 atom stereocenters. The van der Waals surface area contributed by atoms with Gasteiger partial charge in [-0.1, -0.05) is 6.08 Å². The van der Waals surface area contributed by atoms with Crippen LogP contribution in [0.25, 0.3) is 0 Å². The molecule has 220 valence electrons. The first kappa shape index (κ1) is 29.7. The summed E-state index contributed by atoms with van der Waals surface area (Å²) in [7, 11) is -4.31. The summed E-state index contributed by atoms with van der Waals surface area (Å²) in [6.07, 6.45) is 7.25. The van der Waals surface area contributed by atoms with E-state index in [1.54, 1.807) is 0 Å². The molecule has 4 aliphatic carbocycles. The average molecular weight is 595 g/mol. The molecule has 5 rings (SSSR count). The van der Waals surface area contributed by atoms with E-state index in [1.165, 1.54) is 7.11 Å². The summed E-state index contributed by atoms with van der Waals surface area (Å²) < 4.78 is 32.5. The van der Waals surface area contributed by atoms with E-state index in [-0.39, 0.29) is 29.2 Å². The van der Waals surface area contributed by atoms with Crippen molar-refractivity contribution in [2.45, 2.75) is 109 Å². The first-order chi connectivity index (χ1) is 17.7. The van der Waals surface area contributed by atoms with Gasteiger partial charge in [-0.15, -0.1) is 0 Å². The summed E-state index contributed by atoms with van der Waals surface area (Å²) in [5, 5.41) is 0. The fourth-order valence-corrected chi connectivity index (χ4v) is 12.6. The van der Waals surface area contributed by atoms with E-state index in [0.29, 0.717) is 12.5 Å². The van der Waals surface area contributed by atoms with Gasteiger partial charge in [0.15, 0.2) is 25.0 Å². The Labute approximate surface area is 238 Å². The quantitative estimate of drug-likeness (QED) is 0.201. The molecule has 4 bridgehead atoms. The van der Waals surface area contributed by atoms with E-state index in [9.17, 15) is 9.59 Å². The lowest BCUT2D eigenvalue weighted by Gasteiger charge is -2.44. The van der Waals surface area contributed by atoms with E-state index in [0.717, 1.165) is 25.7 Å². The van der Waals surface area contributed by atoms with Crippen LogP contribution in [0.1, 0.15) is 32.6 Å². The summed E-state index contributed by atoms with van der Waals surface area (Å²) >= 11 is 0. The van der Waals surface area contributed by atoms with Crippen molar-refractivity contribution in [2.24, 2.45) is 34.5 Å². The molecule has 1 spiro atoms. The van der Waals surface area contributed by atoms with Crippen molar-refractivity contribution in [3.05, 3.63) is 12.2 Å². The predicted molar refractivity (Wildman–Crippen MR) is 158 cm³/mol. The van der Waals surface area contributed by atoms with Gasteiger partial charge in [-0.3, -0.25) is 9.59 Å². The monoisotopic (exact) mass is 594 g/mol. The molecule has 10 heteroatoms. The first-order valence-electron chi connectivity index (χ1n) is 14.8. The zero-order valence-electron chi connectivity index (χ0n) is 25.9. The van der Waals surface area contributed by atoms with Gasteiger partial charge in [0, 0.05) is 11.8 Å². The molecular weight excluding hydrogens is 545 g/mol. The van der Waals surface area contributed by atoms with Gasteiger partial charge in [0.05, 0.1) is 31.3 Å². The highest BCUT2D eigenvalue weighted by Gasteiger charge is 2.84. The van der Waals surface area contributed by atoms with E-state index in [2.05, 4.69) is 71.1 Å². The third kappa shape index (κ3) is 4.42. The second-order valence-corrected chi connectivity index (χ2v) is 29.5. The number of rotatable bonds is 8. The fraction of sp³-hybridized carbons (Fsp3) is 0.862. The number of hydrogen-bond acceptors (Lipinski definition) is 7. The van der Waals surface area contributed by atoms with Crippen molar-refractivity contribution >= 4 is 36.9 Å². The lowest BCUT2D eigenvalue weighted by molar-refractivity contribution is -0.162. The summed E-state index contributed by atoms with van der Waals surface area (Å²) in [5.74, 6) is -0.945. The Balaban J connectivity index is 1.65. The number of hydrogen-bond donors (Lipinski definition) is 0. The van der Waals surface area contributed by atoms with Crippen LogP contribution >= 0.6 is 0 Å². The van der Waals surface area contributed by atoms with Crippen LogP contribution < -0.4 is 0 Å². The Kier molecular flexibility index (Phi) is 6.75. The molecule has 0 aromatic rings. The number of fused-ring (bicyclic) bond motifs is 1. The second-order valence-electron chi connectivity index (χ2n) is 16.1. The standard InChI is InChI=1S/C29H50O7Si3/c1-26-21(35-38(6,7)8)14-15-29(34-25(26)31)20-13-12-19-16-27(20,22(23(26)29)24(30)32-2)17-28(19,36-39(9,10)11)18-33-37(3,4)5/h14-15,19-23H,12-13,16-18H2,1-11H3/t19?,20-,21+,22-,23-,26?,27-,28+,29-/m1/s1. The summed E-state index contributed by atoms with van der Waals surface area (Å²) in [5.41, 5.74) is -2.60. The third-order valence-electron chi connectivity index (χ3n) is 10.2. The zero-order chi connectivity index (χ0) is 29.0. The number of esters is 2. The molecule has 0 amide bonds. The number of carbonyl (C=O) groups excluding carboxylic acids is 2. The zero-order valence-corrected chi connectivity index (χ0v) is 28.9. The Hall–Kier alpha value is -0.789. The van der Waals surface area contributed by atoms with Crippen molar-refractivity contribution in [3.8, 4) is 0 Å². The third-order valence-corrected chi connectivity index (χ3v) is 13.1. The Bertz CT molecular complexity index is 1070. The van der Waals surface area contributed by atoms with Gasteiger partial charge >= 0.3 is 11.9 Å². The van der Waals surface area contributed by atoms with Crippen LogP contribution in [0.15, 0.2) is 12.2 Å². The van der Waals surface area contributed by atoms with Gasteiger partial charge in [-0.2, -0.15) is 0 Å². The molecule has 1 saturated heterocycles. The van der Waals surface area contributed by atoms with Crippen molar-refractivity contribution < 1.29 is 32.3 Å². The molecule has 4 fully saturated rings. The lowest BCUT2D eigenvalue weighted by atomic mass is 9.61. The minimum absolute atomic E-state index is 0.0317. The SMILES string of the molecule is COC(=O)[C@H]1[C@@H]2C3(C)C(=O)O[C@]2(C=C[C@@H]3O[Si](C)(C)C)[C@@H]2CCC3C[C@@]21C[C@@]3(CO[Si](C)(C)C)O[Si](C)(C)C. The molecule has 39 heavy (non-hydrogen) atoms. The highest BCUT2D eigenvalue weighted by atomic mass is 28.4. The van der Waals surface area contributed by atoms with Crippen LogP contribution in [0.3, 0.4) is 0 Å². The van der Waals surface area contributed by atoms with Crippen LogP contribution in [0.2, 0.25) is 58.9 Å². The number of ether oxygens (including phenoxy) is 2. The van der Waals surface area contributed by atoms with Crippen LogP contribution in [0.4, 0.5) is 0 Å². The molecule has 0 aromatic carbocycles. The van der Waals surface area contributed by atoms with Crippen LogP contribution in [-0.4, -0.2) is 67.9 Å². The Morgan fingerprint density at radius 1 is 1.03 bits per heavy atom. The van der Waals surface area contributed by atoms with Gasteiger partial charge in [-0.05, 0) is 109 Å². The van der Waals surface area contributed by atoms with Crippen LogP contribution in [0, 0.1) is 34.5 Å². The molecule has 1 aliphatic heterocycles. The van der Waals surface area contributed by atoms with Gasteiger partial charge in [0.1, 0.15) is 11.0 Å². The fourth-order valence-electron chi connectivity index (χ4n) is 9.28. The first-order valence-corrected chi connectivity index (χ1v) is 25.0. The summed E-state index contributed by atoms with van der Waals surface area (Å²) in [4.78, 5) is 27.8. The molecule has 0 N–H and O–H groups in total. The number of carbonyl (C=O) groups is 2. The predicted octanol–water partition coefficient (Wildman–Crippen LogP) is 5.75. The molecule has 1 heterocycles. The van der Waals surface area contributed by atoms with Crippen molar-refractivity contribution in [3.63, 3.8) is 0 Å². The highest BCUT2D eigenvalue weighted by Crippen LogP contribution is 2.78. The molecule has 0 aromatic heterocycles. The topological polar surface area (TPSA) is 80.3 Å². The molecule has 3 saturated carbocycles. The normalized spacial score (nSPS) is 44.7. The molecular formula is C29H50O7Si3. The van der Waals surface area contributed by atoms with E-state index in [1.807, 2.05) is 6.92 Å². The minimum atomic E-state index is -2.00. The van der Waals surface area contributed by atoms with E-state index in [4.69, 9.17) is 22.8 Å². The summed E-state index contributed by atoms with van der Waals surface area (Å²) in [6, 6.07) is 0.